The number of nitrogens with zero attached hydrogens (tertiary/aromatic N) is 1. The minimum Gasteiger partial charge on any atom is -0.484 e. The van der Waals surface area contributed by atoms with Crippen LogP contribution in [-0.2, 0) is 9.59 Å². The molecule has 2 N–H and O–H groups in total. The van der Waals surface area contributed by atoms with Crippen molar-refractivity contribution in [2.45, 2.75) is 23.5 Å². The van der Waals surface area contributed by atoms with Crippen LogP contribution in [0.1, 0.15) is 13.3 Å². The molecule has 0 aliphatic rings. The maximum atomic E-state index is 13.0. The molecule has 4 aromatic rings. The van der Waals surface area contributed by atoms with Crippen molar-refractivity contribution in [3.63, 3.8) is 0 Å². The van der Waals surface area contributed by atoms with Crippen LogP contribution in [0.5, 0.6) is 5.75 Å². The number of para-hydroxylation sites is 1. The van der Waals surface area contributed by atoms with Crippen molar-refractivity contribution >= 4 is 61.7 Å². The Balaban J connectivity index is 1.33. The Labute approximate surface area is 226 Å². The van der Waals surface area contributed by atoms with Gasteiger partial charge in [0.1, 0.15) is 5.75 Å². The van der Waals surface area contributed by atoms with Crippen LogP contribution in [0.15, 0.2) is 93.6 Å². The molecule has 36 heavy (non-hydrogen) atoms. The quantitative estimate of drug-likeness (QED) is 0.195. The van der Waals surface area contributed by atoms with Crippen LogP contribution in [0.3, 0.4) is 0 Å². The van der Waals surface area contributed by atoms with Gasteiger partial charge < -0.3 is 15.4 Å². The Kier molecular flexibility index (Phi) is 9.16. The summed E-state index contributed by atoms with van der Waals surface area (Å²) >= 11 is 6.28. The predicted molar refractivity (Wildman–Crippen MR) is 151 cm³/mol. The highest BCUT2D eigenvalue weighted by molar-refractivity contribution is 9.10. The fourth-order valence-electron chi connectivity index (χ4n) is 3.27. The number of hydrogen-bond acceptors (Lipinski definition) is 6. The topological polar surface area (TPSA) is 80.3 Å². The molecule has 9 heteroatoms. The molecule has 0 saturated carbocycles. The molecule has 0 aliphatic heterocycles. The number of nitrogens with one attached hydrogen (secondary N) is 2. The van der Waals surface area contributed by atoms with E-state index >= 15 is 0 Å². The predicted octanol–water partition coefficient (Wildman–Crippen LogP) is 7.10. The van der Waals surface area contributed by atoms with E-state index in [4.69, 9.17) is 4.74 Å². The first-order valence-corrected chi connectivity index (χ1v) is 13.8. The highest BCUT2D eigenvalue weighted by atomic mass is 79.9. The van der Waals surface area contributed by atoms with Crippen LogP contribution in [0.4, 0.5) is 10.8 Å². The molecule has 6 nitrogen and oxygen atoms in total. The summed E-state index contributed by atoms with van der Waals surface area (Å²) in [4.78, 5) is 30.7. The van der Waals surface area contributed by atoms with E-state index in [1.807, 2.05) is 79.0 Å². The lowest BCUT2D eigenvalue weighted by Gasteiger charge is -2.14. The number of thioether (sulfide) groups is 1. The minimum atomic E-state index is -0.308. The Morgan fingerprint density at radius 3 is 2.56 bits per heavy atom. The average molecular weight is 583 g/mol. The molecule has 1 atom stereocenters. The van der Waals surface area contributed by atoms with Crippen molar-refractivity contribution in [1.82, 2.24) is 4.98 Å². The van der Waals surface area contributed by atoms with Gasteiger partial charge in [0.25, 0.3) is 5.91 Å². The van der Waals surface area contributed by atoms with Crippen molar-refractivity contribution in [3.8, 4) is 17.0 Å². The lowest BCUT2D eigenvalue weighted by atomic mass is 10.2. The summed E-state index contributed by atoms with van der Waals surface area (Å²) in [6.45, 7) is 1.89. The monoisotopic (exact) mass is 581 g/mol. The summed E-state index contributed by atoms with van der Waals surface area (Å²) in [7, 11) is 0. The molecule has 4 rings (SSSR count). The van der Waals surface area contributed by atoms with Gasteiger partial charge in [0.05, 0.1) is 10.9 Å². The molecule has 0 saturated heterocycles. The number of amides is 2. The first-order valence-electron chi connectivity index (χ1n) is 11.3. The van der Waals surface area contributed by atoms with E-state index in [1.54, 1.807) is 12.1 Å². The molecule has 1 unspecified atom stereocenters. The molecule has 1 aromatic heterocycles. The summed E-state index contributed by atoms with van der Waals surface area (Å²) in [6, 6.07) is 24.5. The normalized spacial score (nSPS) is 11.5. The van der Waals surface area contributed by atoms with Crippen molar-refractivity contribution in [3.05, 3.63) is 88.7 Å². The lowest BCUT2D eigenvalue weighted by Crippen LogP contribution is -2.24. The second-order valence-corrected chi connectivity index (χ2v) is 10.8. The van der Waals surface area contributed by atoms with Crippen molar-refractivity contribution in [2.75, 3.05) is 17.2 Å². The van der Waals surface area contributed by atoms with Crippen LogP contribution >= 0.6 is 39.0 Å². The third-order valence-corrected chi connectivity index (χ3v) is 7.69. The van der Waals surface area contributed by atoms with Crippen LogP contribution in [-0.4, -0.2) is 28.7 Å². The zero-order valence-electron chi connectivity index (χ0n) is 19.4. The van der Waals surface area contributed by atoms with Gasteiger partial charge in [0.2, 0.25) is 5.91 Å². The van der Waals surface area contributed by atoms with Gasteiger partial charge in [-0.1, -0.05) is 59.3 Å². The van der Waals surface area contributed by atoms with Gasteiger partial charge >= 0.3 is 0 Å². The second-order valence-electron chi connectivity index (χ2n) is 7.73. The second kappa shape index (κ2) is 12.7. The third kappa shape index (κ3) is 7.43. The van der Waals surface area contributed by atoms with Crippen molar-refractivity contribution in [1.29, 1.82) is 0 Å². The third-order valence-electron chi connectivity index (χ3n) is 5.05. The molecule has 0 aliphatic carbocycles. The molecule has 184 valence electrons. The summed E-state index contributed by atoms with van der Waals surface area (Å²) < 4.78 is 6.50. The van der Waals surface area contributed by atoms with E-state index in [0.717, 1.165) is 20.6 Å². The van der Waals surface area contributed by atoms with Crippen molar-refractivity contribution in [2.24, 2.45) is 0 Å². The number of ether oxygens (including phenoxy) is 1. The van der Waals surface area contributed by atoms with Gasteiger partial charge in [-0.3, -0.25) is 9.59 Å². The first kappa shape index (κ1) is 25.9. The summed E-state index contributed by atoms with van der Waals surface area (Å²) in [5.74, 6) is 0.277. The van der Waals surface area contributed by atoms with E-state index in [0.29, 0.717) is 23.0 Å². The lowest BCUT2D eigenvalue weighted by molar-refractivity contribution is -0.118. The number of thiazole rings is 1. The molecule has 0 spiro atoms. The smallest absolute Gasteiger partial charge is 0.262 e. The molecule has 0 bridgehead atoms. The highest BCUT2D eigenvalue weighted by Gasteiger charge is 2.20. The minimum absolute atomic E-state index is 0.0859. The number of halogens is 1. The zero-order valence-corrected chi connectivity index (χ0v) is 22.7. The van der Waals surface area contributed by atoms with Crippen LogP contribution < -0.4 is 15.4 Å². The van der Waals surface area contributed by atoms with Gasteiger partial charge in [0, 0.05) is 26.0 Å². The largest absolute Gasteiger partial charge is 0.484 e. The van der Waals surface area contributed by atoms with Crippen LogP contribution in [0.25, 0.3) is 11.3 Å². The molecule has 0 fully saturated rings. The van der Waals surface area contributed by atoms with Gasteiger partial charge in [-0.25, -0.2) is 4.98 Å². The number of benzene rings is 3. The van der Waals surface area contributed by atoms with Gasteiger partial charge in [-0.15, -0.1) is 23.1 Å². The molecule has 0 radical (unpaired) electrons. The maximum absolute atomic E-state index is 13.0. The Morgan fingerprint density at radius 1 is 1.03 bits per heavy atom. The molecule has 3 aromatic carbocycles. The fourth-order valence-corrected chi connectivity index (χ4v) is 5.27. The molecular weight excluding hydrogens is 558 g/mol. The van der Waals surface area contributed by atoms with Crippen LogP contribution in [0.2, 0.25) is 0 Å². The average Bonchev–Trinajstić information content (AvgIpc) is 3.35. The first-order chi connectivity index (χ1) is 17.5. The number of carbonyl (C=O) groups excluding carboxylic acids is 2. The molecule has 2 amide bonds. The Morgan fingerprint density at radius 2 is 1.81 bits per heavy atom. The maximum Gasteiger partial charge on any atom is 0.262 e. The van der Waals surface area contributed by atoms with Crippen molar-refractivity contribution < 1.29 is 14.3 Å². The zero-order chi connectivity index (χ0) is 25.3. The summed E-state index contributed by atoms with van der Waals surface area (Å²) in [5, 5.41) is 7.98. The van der Waals surface area contributed by atoms with E-state index in [-0.39, 0.29) is 23.7 Å². The van der Waals surface area contributed by atoms with E-state index in [1.165, 1.54) is 23.1 Å². The SMILES string of the molecule is CCC(Sc1cccc(NC(=O)COc2ccccc2)c1)C(=O)Nc1nc(-c2ccc(Br)cc2)cs1. The number of carbonyl (C=O) groups is 2. The summed E-state index contributed by atoms with van der Waals surface area (Å²) in [6.07, 6.45) is 0.642. The van der Waals surface area contributed by atoms with Gasteiger partial charge in [-0.05, 0) is 48.9 Å². The number of aromatic nitrogens is 1. The fraction of sp³-hybridized carbons (Fsp3) is 0.148. The molecular formula is C27H24BrN3O3S2. The number of anilines is 2. The Hall–Kier alpha value is -3.14. The number of rotatable bonds is 10. The van der Waals surface area contributed by atoms with E-state index in [2.05, 4.69) is 31.5 Å². The number of hydrogen-bond donors (Lipinski definition) is 2. The van der Waals surface area contributed by atoms with E-state index in [9.17, 15) is 9.59 Å². The van der Waals surface area contributed by atoms with Gasteiger partial charge in [0.15, 0.2) is 11.7 Å². The Bertz CT molecular complexity index is 1310. The van der Waals surface area contributed by atoms with E-state index < -0.39 is 0 Å². The molecule has 1 heterocycles. The standard InChI is InChI=1S/C27H24BrN3O3S2/c1-2-24(26(33)31-27-30-23(17-35-27)18-11-13-19(28)14-12-18)36-22-10-6-7-20(15-22)29-25(32)16-34-21-8-4-3-5-9-21/h3-15,17,24H,2,16H2,1H3,(H,29,32)(H,30,31,33). The van der Waals surface area contributed by atoms with Crippen LogP contribution in [0, 0.1) is 0 Å². The summed E-state index contributed by atoms with van der Waals surface area (Å²) in [5.41, 5.74) is 2.46. The highest BCUT2D eigenvalue weighted by Crippen LogP contribution is 2.30. The van der Waals surface area contributed by atoms with Gasteiger partial charge in [-0.2, -0.15) is 0 Å².